The van der Waals surface area contributed by atoms with Gasteiger partial charge in [0.2, 0.25) is 5.95 Å². The quantitative estimate of drug-likeness (QED) is 0.389. The molecule has 3 aliphatic heterocycles. The summed E-state index contributed by atoms with van der Waals surface area (Å²) in [5, 5.41) is 3.78. The molecule has 10 heteroatoms. The molecule has 2 aromatic carbocycles. The zero-order valence-electron chi connectivity index (χ0n) is 22.8. The van der Waals surface area contributed by atoms with Crippen molar-refractivity contribution in [3.8, 4) is 11.4 Å². The number of nitrogens with zero attached hydrogens (tertiary/aromatic N) is 6. The van der Waals surface area contributed by atoms with Gasteiger partial charge in [0, 0.05) is 30.5 Å². The molecule has 2 bridgehead atoms. The van der Waals surface area contributed by atoms with Crippen LogP contribution in [0.2, 0.25) is 0 Å². The summed E-state index contributed by atoms with van der Waals surface area (Å²) >= 11 is 0. The van der Waals surface area contributed by atoms with Crippen LogP contribution in [0.1, 0.15) is 31.4 Å². The van der Waals surface area contributed by atoms with Crippen molar-refractivity contribution in [1.29, 1.82) is 0 Å². The Morgan fingerprint density at radius 3 is 2.80 bits per heavy atom. The lowest BCUT2D eigenvalue weighted by molar-refractivity contribution is -0.121. The van der Waals surface area contributed by atoms with Crippen molar-refractivity contribution in [2.75, 3.05) is 37.0 Å². The first kappa shape index (κ1) is 24.6. The largest absolute Gasteiger partial charge is 0.482 e. The lowest BCUT2D eigenvalue weighted by atomic mass is 9.83. The lowest BCUT2D eigenvalue weighted by Crippen LogP contribution is -2.43. The number of likely N-dealkylation sites (N-methyl/N-ethyl adjacent to an activating group) is 1. The van der Waals surface area contributed by atoms with Crippen molar-refractivity contribution in [3.05, 3.63) is 76.2 Å². The SMILES string of the molecule is CN1CCc2cc(Nc3ncc4c(=O)n5n(c4n3)-c3ccc4c(c3)N(CCC=CC5)C(=O)CO4)ccc2C1(C)C. The number of benzene rings is 2. The fraction of sp³-hybridized carbons (Fsp3) is 0.333. The zero-order chi connectivity index (χ0) is 27.6. The second-order valence-electron chi connectivity index (χ2n) is 11.1. The van der Waals surface area contributed by atoms with Crippen molar-refractivity contribution in [2.45, 2.75) is 38.8 Å². The van der Waals surface area contributed by atoms with Gasteiger partial charge in [0.25, 0.3) is 11.5 Å². The molecule has 7 rings (SSSR count). The van der Waals surface area contributed by atoms with Gasteiger partial charge in [-0.1, -0.05) is 18.2 Å². The average Bonchev–Trinajstić information content (AvgIpc) is 3.20. The number of hydrogen-bond acceptors (Lipinski definition) is 7. The van der Waals surface area contributed by atoms with Crippen molar-refractivity contribution in [1.82, 2.24) is 24.2 Å². The number of anilines is 3. The monoisotopic (exact) mass is 537 g/mol. The van der Waals surface area contributed by atoms with Gasteiger partial charge in [0.1, 0.15) is 11.1 Å². The van der Waals surface area contributed by atoms with Crippen LogP contribution in [0.3, 0.4) is 0 Å². The number of allylic oxidation sites excluding steroid dienone is 1. The highest BCUT2D eigenvalue weighted by molar-refractivity contribution is 5.98. The topological polar surface area (TPSA) is 97.5 Å². The summed E-state index contributed by atoms with van der Waals surface area (Å²) < 4.78 is 9.16. The number of hydrogen-bond donors (Lipinski definition) is 1. The van der Waals surface area contributed by atoms with Crippen LogP contribution in [0, 0.1) is 0 Å². The number of rotatable bonds is 2. The molecule has 3 aliphatic rings. The lowest BCUT2D eigenvalue weighted by Gasteiger charge is -2.41. The van der Waals surface area contributed by atoms with E-state index in [0.29, 0.717) is 53.6 Å². The fourth-order valence-electron chi connectivity index (χ4n) is 5.96. The number of nitrogens with one attached hydrogen (secondary N) is 1. The van der Waals surface area contributed by atoms with Crippen molar-refractivity contribution >= 4 is 34.3 Å². The third-order valence-corrected chi connectivity index (χ3v) is 8.46. The Morgan fingerprint density at radius 2 is 1.93 bits per heavy atom. The first-order valence-electron chi connectivity index (χ1n) is 13.6. The molecule has 0 aliphatic carbocycles. The van der Waals surface area contributed by atoms with Crippen LogP contribution in [-0.4, -0.2) is 56.9 Å². The standard InChI is InChI=1S/C30H31N7O3/c1-30(2)23-9-7-20(15-19(23)11-14-34(30)3)32-29-31-17-22-27(33-29)37-21-8-10-25-24(16-21)35(26(38)18-40-25)12-5-4-6-13-36(37)28(22)39/h4,6-10,15-17H,5,11-14,18H2,1-3H3,(H,31,32,33). The molecule has 40 heavy (non-hydrogen) atoms. The number of amides is 1. The van der Waals surface area contributed by atoms with Gasteiger partial charge in [-0.15, -0.1) is 0 Å². The van der Waals surface area contributed by atoms with Crippen LogP contribution in [-0.2, 0) is 23.3 Å². The molecule has 0 saturated heterocycles. The molecule has 0 unspecified atom stereocenters. The molecule has 0 spiro atoms. The summed E-state index contributed by atoms with van der Waals surface area (Å²) in [4.78, 5) is 39.6. The molecular weight excluding hydrogens is 506 g/mol. The molecule has 0 saturated carbocycles. The van der Waals surface area contributed by atoms with E-state index >= 15 is 0 Å². The molecule has 4 aromatic rings. The highest BCUT2D eigenvalue weighted by Gasteiger charge is 2.32. The van der Waals surface area contributed by atoms with E-state index in [4.69, 9.17) is 9.72 Å². The first-order chi connectivity index (χ1) is 19.3. The Morgan fingerprint density at radius 1 is 1.05 bits per heavy atom. The van der Waals surface area contributed by atoms with Gasteiger partial charge < -0.3 is 15.0 Å². The summed E-state index contributed by atoms with van der Waals surface area (Å²) in [7, 11) is 2.16. The Labute approximate surface area is 231 Å². The molecule has 204 valence electrons. The van der Waals surface area contributed by atoms with Gasteiger partial charge in [-0.3, -0.25) is 14.5 Å². The maximum atomic E-state index is 13.5. The van der Waals surface area contributed by atoms with Gasteiger partial charge in [-0.05, 0) is 75.2 Å². The molecule has 10 nitrogen and oxygen atoms in total. The average molecular weight is 538 g/mol. The fourth-order valence-corrected chi connectivity index (χ4v) is 5.96. The third kappa shape index (κ3) is 3.82. The second-order valence-corrected chi connectivity index (χ2v) is 11.1. The number of ether oxygens (including phenoxy) is 1. The molecule has 5 heterocycles. The molecular formula is C30H31N7O3. The Kier molecular flexibility index (Phi) is 5.57. The molecule has 1 N–H and O–H groups in total. The predicted molar refractivity (Wildman–Crippen MR) is 154 cm³/mol. The molecule has 0 atom stereocenters. The minimum atomic E-state index is -0.174. The first-order valence-corrected chi connectivity index (χ1v) is 13.6. The van der Waals surface area contributed by atoms with Gasteiger partial charge in [0.15, 0.2) is 12.3 Å². The summed E-state index contributed by atoms with van der Waals surface area (Å²) in [6.07, 6.45) is 7.19. The van der Waals surface area contributed by atoms with Crippen LogP contribution in [0.25, 0.3) is 16.7 Å². The van der Waals surface area contributed by atoms with Crippen LogP contribution < -0.4 is 20.5 Å². The number of carbonyl (C=O) groups excluding carboxylic acids is 1. The summed E-state index contributed by atoms with van der Waals surface area (Å²) in [6.45, 7) is 6.43. The number of fused-ring (bicyclic) bond motifs is 6. The van der Waals surface area contributed by atoms with E-state index in [1.807, 2.05) is 35.0 Å². The van der Waals surface area contributed by atoms with Crippen molar-refractivity contribution in [3.63, 3.8) is 0 Å². The van der Waals surface area contributed by atoms with Crippen molar-refractivity contribution in [2.24, 2.45) is 0 Å². The molecule has 1 amide bonds. The number of carbonyl (C=O) groups is 1. The molecule has 0 radical (unpaired) electrons. The van der Waals surface area contributed by atoms with Crippen molar-refractivity contribution < 1.29 is 9.53 Å². The smallest absolute Gasteiger partial charge is 0.278 e. The maximum absolute atomic E-state index is 13.5. The Balaban J connectivity index is 1.33. The summed E-state index contributed by atoms with van der Waals surface area (Å²) in [5.74, 6) is 0.972. The second kappa shape index (κ2) is 9.06. The number of aromatic nitrogens is 4. The van der Waals surface area contributed by atoms with Crippen LogP contribution >= 0.6 is 0 Å². The van der Waals surface area contributed by atoms with Gasteiger partial charge >= 0.3 is 0 Å². The highest BCUT2D eigenvalue weighted by atomic mass is 16.5. The zero-order valence-corrected chi connectivity index (χ0v) is 22.8. The normalized spacial score (nSPS) is 18.1. The van der Waals surface area contributed by atoms with Gasteiger partial charge in [-0.25, -0.2) is 14.3 Å². The Hall–Kier alpha value is -4.44. The Bertz CT molecular complexity index is 1770. The van der Waals surface area contributed by atoms with E-state index in [1.165, 1.54) is 11.1 Å². The van der Waals surface area contributed by atoms with Crippen LogP contribution in [0.4, 0.5) is 17.3 Å². The minimum Gasteiger partial charge on any atom is -0.482 e. The van der Waals surface area contributed by atoms with Crippen LogP contribution in [0.15, 0.2) is 59.5 Å². The minimum absolute atomic E-state index is 0.0202. The van der Waals surface area contributed by atoms with Gasteiger partial charge in [-0.2, -0.15) is 4.98 Å². The van der Waals surface area contributed by atoms with Crippen LogP contribution in [0.5, 0.6) is 5.75 Å². The van der Waals surface area contributed by atoms with E-state index in [2.05, 4.69) is 54.3 Å². The van der Waals surface area contributed by atoms with E-state index < -0.39 is 0 Å². The summed E-state index contributed by atoms with van der Waals surface area (Å²) in [5.41, 5.74) is 5.23. The molecule has 0 fully saturated rings. The predicted octanol–water partition coefficient (Wildman–Crippen LogP) is 3.73. The maximum Gasteiger partial charge on any atom is 0.278 e. The van der Waals surface area contributed by atoms with E-state index in [-0.39, 0.29) is 23.6 Å². The van der Waals surface area contributed by atoms with E-state index in [0.717, 1.165) is 18.7 Å². The van der Waals surface area contributed by atoms with E-state index in [9.17, 15) is 9.59 Å². The summed E-state index contributed by atoms with van der Waals surface area (Å²) in [6, 6.07) is 12.0. The van der Waals surface area contributed by atoms with E-state index in [1.54, 1.807) is 15.8 Å². The highest BCUT2D eigenvalue weighted by Crippen LogP contribution is 2.37. The van der Waals surface area contributed by atoms with Gasteiger partial charge in [0.05, 0.1) is 17.9 Å². The molecule has 2 aromatic heterocycles. The third-order valence-electron chi connectivity index (χ3n) is 8.46.